The molecule has 1 aliphatic heterocycles. The Morgan fingerprint density at radius 3 is 2.80 bits per heavy atom. The molecule has 3 N–H and O–H groups in total. The molecule has 1 saturated heterocycles. The van der Waals surface area contributed by atoms with Crippen LogP contribution in [0.5, 0.6) is 5.75 Å². The second-order valence-electron chi connectivity index (χ2n) is 4.98. The summed E-state index contributed by atoms with van der Waals surface area (Å²) in [5, 5.41) is 9.16. The minimum absolute atomic E-state index is 0.0752. The molecule has 0 unspecified atom stereocenters. The fourth-order valence-corrected chi connectivity index (χ4v) is 2.31. The maximum absolute atomic E-state index is 9.16. The summed E-state index contributed by atoms with van der Waals surface area (Å²) in [6.07, 6.45) is 0.975. The lowest BCUT2D eigenvalue weighted by atomic mass is 10.1. The second kappa shape index (κ2) is 8.21. The molecule has 1 heterocycles. The van der Waals surface area contributed by atoms with Crippen LogP contribution in [0.3, 0.4) is 0 Å². The molecule has 0 spiro atoms. The molecular weight excluding hydrogens is 256 g/mol. The van der Waals surface area contributed by atoms with Crippen molar-refractivity contribution >= 4 is 0 Å². The molecule has 112 valence electrons. The fourth-order valence-electron chi connectivity index (χ4n) is 2.31. The van der Waals surface area contributed by atoms with Gasteiger partial charge in [-0.25, -0.2) is 0 Å². The van der Waals surface area contributed by atoms with Crippen LogP contribution in [-0.4, -0.2) is 56.1 Å². The van der Waals surface area contributed by atoms with E-state index in [9.17, 15) is 0 Å². The van der Waals surface area contributed by atoms with Crippen molar-refractivity contribution in [2.75, 3.05) is 46.1 Å². The Labute approximate surface area is 120 Å². The minimum Gasteiger partial charge on any atom is -0.493 e. The van der Waals surface area contributed by atoms with Crippen LogP contribution < -0.4 is 10.5 Å². The van der Waals surface area contributed by atoms with Gasteiger partial charge in [-0.15, -0.1) is 0 Å². The maximum Gasteiger partial charge on any atom is 0.124 e. The molecule has 0 radical (unpaired) electrons. The Kier molecular flexibility index (Phi) is 6.26. The maximum atomic E-state index is 9.16. The summed E-state index contributed by atoms with van der Waals surface area (Å²) in [5.74, 6) is 0.774. The van der Waals surface area contributed by atoms with Gasteiger partial charge in [-0.3, -0.25) is 4.90 Å². The standard InChI is InChI=1S/C15H24N2O3/c16-14(12-18)13-4-1-2-5-15(13)20-9-3-6-17-7-10-19-11-8-17/h1-2,4-5,14,18H,3,6-12,16H2/t14-/m0/s1. The summed E-state index contributed by atoms with van der Waals surface area (Å²) in [7, 11) is 0. The third kappa shape index (κ3) is 4.45. The Morgan fingerprint density at radius 2 is 2.05 bits per heavy atom. The van der Waals surface area contributed by atoms with Crippen molar-refractivity contribution in [2.45, 2.75) is 12.5 Å². The van der Waals surface area contributed by atoms with Gasteiger partial charge in [0.05, 0.1) is 32.5 Å². The zero-order valence-electron chi connectivity index (χ0n) is 11.8. The number of morpholine rings is 1. The molecule has 0 aliphatic carbocycles. The summed E-state index contributed by atoms with van der Waals surface area (Å²) in [6, 6.07) is 7.25. The van der Waals surface area contributed by atoms with E-state index in [0.717, 1.165) is 50.6 Å². The molecule has 5 nitrogen and oxygen atoms in total. The average Bonchev–Trinajstić information content (AvgIpc) is 2.52. The summed E-state index contributed by atoms with van der Waals surface area (Å²) < 4.78 is 11.1. The first-order valence-electron chi connectivity index (χ1n) is 7.19. The number of aliphatic hydroxyl groups is 1. The van der Waals surface area contributed by atoms with Gasteiger partial charge < -0.3 is 20.3 Å². The topological polar surface area (TPSA) is 68.0 Å². The average molecular weight is 280 g/mol. The van der Waals surface area contributed by atoms with Crippen molar-refractivity contribution < 1.29 is 14.6 Å². The van der Waals surface area contributed by atoms with E-state index in [2.05, 4.69) is 4.90 Å². The lowest BCUT2D eigenvalue weighted by Crippen LogP contribution is -2.37. The highest BCUT2D eigenvalue weighted by Gasteiger charge is 2.12. The molecule has 1 aromatic rings. The van der Waals surface area contributed by atoms with E-state index in [1.807, 2.05) is 24.3 Å². The number of aliphatic hydroxyl groups excluding tert-OH is 1. The van der Waals surface area contributed by atoms with Gasteiger partial charge in [0, 0.05) is 25.2 Å². The van der Waals surface area contributed by atoms with Gasteiger partial charge in [0.15, 0.2) is 0 Å². The first kappa shape index (κ1) is 15.3. The highest BCUT2D eigenvalue weighted by Crippen LogP contribution is 2.23. The number of nitrogens with zero attached hydrogens (tertiary/aromatic N) is 1. The van der Waals surface area contributed by atoms with Gasteiger partial charge in [0.1, 0.15) is 5.75 Å². The van der Waals surface area contributed by atoms with Crippen LogP contribution in [0.1, 0.15) is 18.0 Å². The molecule has 1 aromatic carbocycles. The summed E-state index contributed by atoms with van der Waals surface area (Å²) in [5.41, 5.74) is 6.73. The van der Waals surface area contributed by atoms with Crippen molar-refractivity contribution in [3.63, 3.8) is 0 Å². The van der Waals surface area contributed by atoms with E-state index in [1.54, 1.807) is 0 Å². The largest absolute Gasteiger partial charge is 0.493 e. The molecule has 5 heteroatoms. The van der Waals surface area contributed by atoms with Crippen molar-refractivity contribution in [3.8, 4) is 5.75 Å². The Hall–Kier alpha value is -1.14. The van der Waals surface area contributed by atoms with Gasteiger partial charge >= 0.3 is 0 Å². The lowest BCUT2D eigenvalue weighted by molar-refractivity contribution is 0.0357. The Morgan fingerprint density at radius 1 is 1.30 bits per heavy atom. The first-order valence-corrected chi connectivity index (χ1v) is 7.19. The van der Waals surface area contributed by atoms with Crippen LogP contribution >= 0.6 is 0 Å². The number of rotatable bonds is 7. The van der Waals surface area contributed by atoms with Crippen molar-refractivity contribution in [3.05, 3.63) is 29.8 Å². The Bertz CT molecular complexity index is 394. The summed E-state index contributed by atoms with van der Waals surface area (Å²) in [4.78, 5) is 2.39. The molecular formula is C15H24N2O3. The minimum atomic E-state index is -0.384. The number of benzene rings is 1. The first-order chi connectivity index (χ1) is 9.81. The monoisotopic (exact) mass is 280 g/mol. The van der Waals surface area contributed by atoms with Crippen LogP contribution in [0.4, 0.5) is 0 Å². The van der Waals surface area contributed by atoms with Crippen molar-refractivity contribution in [2.24, 2.45) is 5.73 Å². The SMILES string of the molecule is N[C@@H](CO)c1ccccc1OCCCN1CCOCC1. The van der Waals surface area contributed by atoms with E-state index in [1.165, 1.54) is 0 Å². The lowest BCUT2D eigenvalue weighted by Gasteiger charge is -2.26. The predicted octanol–water partition coefficient (Wildman–Crippen LogP) is 0.780. The number of ether oxygens (including phenoxy) is 2. The fraction of sp³-hybridized carbons (Fsp3) is 0.600. The van der Waals surface area contributed by atoms with E-state index in [0.29, 0.717) is 6.61 Å². The van der Waals surface area contributed by atoms with Crippen LogP contribution in [0, 0.1) is 0 Å². The van der Waals surface area contributed by atoms with Gasteiger partial charge in [-0.2, -0.15) is 0 Å². The van der Waals surface area contributed by atoms with Crippen LogP contribution in [-0.2, 0) is 4.74 Å². The van der Waals surface area contributed by atoms with Gasteiger partial charge in [0.2, 0.25) is 0 Å². The van der Waals surface area contributed by atoms with E-state index in [4.69, 9.17) is 20.3 Å². The number of hydrogen-bond acceptors (Lipinski definition) is 5. The molecule has 1 atom stereocenters. The van der Waals surface area contributed by atoms with Gasteiger partial charge in [-0.05, 0) is 12.5 Å². The smallest absolute Gasteiger partial charge is 0.124 e. The van der Waals surface area contributed by atoms with E-state index in [-0.39, 0.29) is 12.6 Å². The second-order valence-corrected chi connectivity index (χ2v) is 4.98. The van der Waals surface area contributed by atoms with E-state index >= 15 is 0 Å². The number of nitrogens with two attached hydrogens (primary N) is 1. The predicted molar refractivity (Wildman–Crippen MR) is 77.8 cm³/mol. The highest BCUT2D eigenvalue weighted by molar-refractivity contribution is 5.35. The van der Waals surface area contributed by atoms with Gasteiger partial charge in [0.25, 0.3) is 0 Å². The van der Waals surface area contributed by atoms with Crippen LogP contribution in [0.25, 0.3) is 0 Å². The summed E-state index contributed by atoms with van der Waals surface area (Å²) >= 11 is 0. The van der Waals surface area contributed by atoms with Gasteiger partial charge in [-0.1, -0.05) is 18.2 Å². The Balaban J connectivity index is 1.76. The van der Waals surface area contributed by atoms with Crippen molar-refractivity contribution in [1.82, 2.24) is 4.90 Å². The van der Waals surface area contributed by atoms with E-state index < -0.39 is 0 Å². The zero-order valence-corrected chi connectivity index (χ0v) is 11.8. The molecule has 20 heavy (non-hydrogen) atoms. The van der Waals surface area contributed by atoms with Crippen molar-refractivity contribution in [1.29, 1.82) is 0 Å². The van der Waals surface area contributed by atoms with Crippen LogP contribution in [0.2, 0.25) is 0 Å². The van der Waals surface area contributed by atoms with Crippen LogP contribution in [0.15, 0.2) is 24.3 Å². The molecule has 2 rings (SSSR count). The molecule has 0 saturated carbocycles. The molecule has 0 aromatic heterocycles. The normalized spacial score (nSPS) is 17.9. The quantitative estimate of drug-likeness (QED) is 0.722. The zero-order chi connectivity index (χ0) is 14.2. The highest BCUT2D eigenvalue weighted by atomic mass is 16.5. The molecule has 1 aliphatic rings. The third-order valence-corrected chi connectivity index (χ3v) is 3.50. The molecule has 1 fully saturated rings. The number of hydrogen-bond donors (Lipinski definition) is 2. The number of para-hydroxylation sites is 1. The molecule has 0 bridgehead atoms. The third-order valence-electron chi connectivity index (χ3n) is 3.50. The molecule has 0 amide bonds. The summed E-state index contributed by atoms with van der Waals surface area (Å²) in [6.45, 7) is 5.28.